The topological polar surface area (TPSA) is 21.3 Å². The fourth-order valence-electron chi connectivity index (χ4n) is 1.87. The maximum atomic E-state index is 5.37. The molecule has 0 unspecified atom stereocenters. The van der Waals surface area contributed by atoms with Gasteiger partial charge in [-0.15, -0.1) is 0 Å². The lowest BCUT2D eigenvalue weighted by Crippen LogP contribution is -2.07. The molecular weight excluding hydrogens is 174 g/mol. The lowest BCUT2D eigenvalue weighted by atomic mass is 10.1. The van der Waals surface area contributed by atoms with E-state index in [1.54, 1.807) is 7.11 Å². The van der Waals surface area contributed by atoms with Gasteiger partial charge in [-0.2, -0.15) is 0 Å². The number of ether oxygens (including phenoxy) is 1. The first kappa shape index (κ1) is 9.13. The Morgan fingerprint density at radius 3 is 3.00 bits per heavy atom. The Bertz CT molecular complexity index is 334. The van der Waals surface area contributed by atoms with Crippen LogP contribution in [-0.4, -0.2) is 7.11 Å². The Kier molecular flexibility index (Phi) is 2.73. The molecule has 0 saturated heterocycles. The monoisotopic (exact) mass is 189 g/mol. The molecule has 2 nitrogen and oxygen atoms in total. The third-order valence-electron chi connectivity index (χ3n) is 2.56. The third-order valence-corrected chi connectivity index (χ3v) is 2.56. The molecule has 0 atom stereocenters. The van der Waals surface area contributed by atoms with E-state index in [-0.39, 0.29) is 0 Å². The number of allylic oxidation sites excluding steroid dienone is 6. The van der Waals surface area contributed by atoms with Crippen LogP contribution in [0.15, 0.2) is 47.5 Å². The maximum absolute atomic E-state index is 5.37. The summed E-state index contributed by atoms with van der Waals surface area (Å²) in [6.45, 7) is 0. The molecule has 1 heterocycles. The van der Waals surface area contributed by atoms with Crippen LogP contribution in [0, 0.1) is 0 Å². The number of rotatable bonds is 2. The summed E-state index contributed by atoms with van der Waals surface area (Å²) in [5, 5.41) is 3.27. The molecule has 1 aliphatic heterocycles. The molecule has 74 valence electrons. The number of hydrogen-bond donors (Lipinski definition) is 1. The molecule has 2 heteroatoms. The minimum atomic E-state index is 1.07. The molecular formula is C12H15NO. The Morgan fingerprint density at radius 2 is 2.14 bits per heavy atom. The van der Waals surface area contributed by atoms with Crippen molar-refractivity contribution in [1.29, 1.82) is 0 Å². The molecule has 0 aromatic carbocycles. The molecule has 1 N–H and O–H groups in total. The van der Waals surface area contributed by atoms with E-state index in [1.165, 1.54) is 17.7 Å². The summed E-state index contributed by atoms with van der Waals surface area (Å²) < 4.78 is 5.37. The standard InChI is InChI=1S/C12H15NO/c1-14-12-8-5-6-10(12)11-7-3-2-4-9-13-11/h2-4,7,9,13H,5-6,8H2,1H3. The predicted molar refractivity (Wildman–Crippen MR) is 57.4 cm³/mol. The molecule has 0 aromatic rings. The lowest BCUT2D eigenvalue weighted by Gasteiger charge is -2.09. The maximum Gasteiger partial charge on any atom is 0.101 e. The summed E-state index contributed by atoms with van der Waals surface area (Å²) in [5.41, 5.74) is 2.49. The summed E-state index contributed by atoms with van der Waals surface area (Å²) in [7, 11) is 1.75. The zero-order valence-corrected chi connectivity index (χ0v) is 8.42. The number of methoxy groups -OCH3 is 1. The molecule has 0 spiro atoms. The van der Waals surface area contributed by atoms with Gasteiger partial charge in [-0.05, 0) is 25.0 Å². The van der Waals surface area contributed by atoms with E-state index in [0.717, 1.165) is 18.6 Å². The highest BCUT2D eigenvalue weighted by Gasteiger charge is 2.17. The summed E-state index contributed by atoms with van der Waals surface area (Å²) in [6, 6.07) is 0. The van der Waals surface area contributed by atoms with Crippen molar-refractivity contribution in [2.24, 2.45) is 0 Å². The number of nitrogens with one attached hydrogen (secondary N) is 1. The fraction of sp³-hybridized carbons (Fsp3) is 0.333. The zero-order valence-electron chi connectivity index (χ0n) is 8.42. The van der Waals surface area contributed by atoms with Crippen molar-refractivity contribution in [2.75, 3.05) is 7.11 Å². The van der Waals surface area contributed by atoms with Crippen LogP contribution in [0.3, 0.4) is 0 Å². The summed E-state index contributed by atoms with van der Waals surface area (Å²) in [4.78, 5) is 0. The summed E-state index contributed by atoms with van der Waals surface area (Å²) in [6.07, 6.45) is 13.5. The van der Waals surface area contributed by atoms with Gasteiger partial charge in [-0.25, -0.2) is 0 Å². The minimum absolute atomic E-state index is 1.07. The van der Waals surface area contributed by atoms with Gasteiger partial charge in [0.05, 0.1) is 7.11 Å². The third kappa shape index (κ3) is 1.74. The van der Waals surface area contributed by atoms with E-state index >= 15 is 0 Å². The second kappa shape index (κ2) is 4.18. The average Bonchev–Trinajstić information content (AvgIpc) is 2.52. The van der Waals surface area contributed by atoms with Crippen LogP contribution in [-0.2, 0) is 4.74 Å². The Balaban J connectivity index is 2.25. The van der Waals surface area contributed by atoms with Gasteiger partial charge in [0.2, 0.25) is 0 Å². The van der Waals surface area contributed by atoms with Crippen LogP contribution < -0.4 is 5.32 Å². The normalized spacial score (nSPS) is 20.5. The van der Waals surface area contributed by atoms with Crippen molar-refractivity contribution >= 4 is 0 Å². The van der Waals surface area contributed by atoms with E-state index in [0.29, 0.717) is 0 Å². The van der Waals surface area contributed by atoms with Gasteiger partial charge in [0.25, 0.3) is 0 Å². The van der Waals surface area contributed by atoms with Gasteiger partial charge in [0.1, 0.15) is 5.76 Å². The van der Waals surface area contributed by atoms with E-state index in [9.17, 15) is 0 Å². The van der Waals surface area contributed by atoms with Gasteiger partial charge in [0, 0.05) is 23.9 Å². The van der Waals surface area contributed by atoms with Crippen LogP contribution >= 0.6 is 0 Å². The van der Waals surface area contributed by atoms with Crippen LogP contribution in [0.25, 0.3) is 0 Å². The molecule has 0 radical (unpaired) electrons. The highest BCUT2D eigenvalue weighted by Crippen LogP contribution is 2.30. The van der Waals surface area contributed by atoms with Crippen molar-refractivity contribution < 1.29 is 4.74 Å². The van der Waals surface area contributed by atoms with E-state index in [2.05, 4.69) is 11.4 Å². The van der Waals surface area contributed by atoms with Gasteiger partial charge < -0.3 is 10.1 Å². The molecule has 1 aliphatic carbocycles. The Hall–Kier alpha value is -1.44. The SMILES string of the molecule is COC1=C(C2=CC=CC=CN2)CCC1. The van der Waals surface area contributed by atoms with Crippen LogP contribution in [0.4, 0.5) is 0 Å². The first-order valence-electron chi connectivity index (χ1n) is 4.98. The first-order valence-corrected chi connectivity index (χ1v) is 4.98. The number of hydrogen-bond acceptors (Lipinski definition) is 2. The Labute approximate surface area is 84.6 Å². The van der Waals surface area contributed by atoms with Crippen LogP contribution in [0.1, 0.15) is 19.3 Å². The van der Waals surface area contributed by atoms with Gasteiger partial charge in [-0.3, -0.25) is 0 Å². The van der Waals surface area contributed by atoms with Gasteiger partial charge in [-0.1, -0.05) is 12.2 Å². The highest BCUT2D eigenvalue weighted by molar-refractivity contribution is 5.39. The second-order valence-electron chi connectivity index (χ2n) is 3.43. The molecule has 0 fully saturated rings. The van der Waals surface area contributed by atoms with E-state index < -0.39 is 0 Å². The van der Waals surface area contributed by atoms with Gasteiger partial charge in [0.15, 0.2) is 0 Å². The lowest BCUT2D eigenvalue weighted by molar-refractivity contribution is 0.280. The zero-order chi connectivity index (χ0) is 9.80. The quantitative estimate of drug-likeness (QED) is 0.721. The van der Waals surface area contributed by atoms with Crippen LogP contribution in [0.2, 0.25) is 0 Å². The van der Waals surface area contributed by atoms with Crippen molar-refractivity contribution in [3.8, 4) is 0 Å². The van der Waals surface area contributed by atoms with Gasteiger partial charge >= 0.3 is 0 Å². The molecule has 0 bridgehead atoms. The molecule has 14 heavy (non-hydrogen) atoms. The first-order chi connectivity index (χ1) is 6.92. The smallest absolute Gasteiger partial charge is 0.101 e. The Morgan fingerprint density at radius 1 is 1.21 bits per heavy atom. The van der Waals surface area contributed by atoms with E-state index in [1.807, 2.05) is 24.4 Å². The minimum Gasteiger partial charge on any atom is -0.501 e. The van der Waals surface area contributed by atoms with Crippen molar-refractivity contribution in [3.05, 3.63) is 47.5 Å². The predicted octanol–water partition coefficient (Wildman–Crippen LogP) is 2.63. The molecule has 0 amide bonds. The fourth-order valence-corrected chi connectivity index (χ4v) is 1.87. The van der Waals surface area contributed by atoms with E-state index in [4.69, 9.17) is 4.74 Å². The average molecular weight is 189 g/mol. The van der Waals surface area contributed by atoms with Crippen molar-refractivity contribution in [2.45, 2.75) is 19.3 Å². The molecule has 0 saturated carbocycles. The largest absolute Gasteiger partial charge is 0.501 e. The van der Waals surface area contributed by atoms with Crippen LogP contribution in [0.5, 0.6) is 0 Å². The van der Waals surface area contributed by atoms with Crippen molar-refractivity contribution in [1.82, 2.24) is 5.32 Å². The highest BCUT2D eigenvalue weighted by atomic mass is 16.5. The second-order valence-corrected chi connectivity index (χ2v) is 3.43. The summed E-state index contributed by atoms with van der Waals surface area (Å²) >= 11 is 0. The van der Waals surface area contributed by atoms with Crippen molar-refractivity contribution in [3.63, 3.8) is 0 Å². The molecule has 0 aromatic heterocycles. The summed E-state index contributed by atoms with van der Waals surface area (Å²) in [5.74, 6) is 1.13. The molecule has 2 rings (SSSR count). The molecule has 2 aliphatic rings.